The molecule has 1 aromatic carbocycles. The maximum Gasteiger partial charge on any atom is 0.320 e. The SMILES string of the molecule is O=C(N1CCOCC1)N1CCC(c2ccccc2)CC1. The monoisotopic (exact) mass is 274 g/mol. The average Bonchev–Trinajstić information content (AvgIpc) is 2.56. The minimum Gasteiger partial charge on any atom is -0.378 e. The number of benzene rings is 1. The van der Waals surface area contributed by atoms with Gasteiger partial charge < -0.3 is 14.5 Å². The van der Waals surface area contributed by atoms with E-state index < -0.39 is 0 Å². The molecule has 2 heterocycles. The number of morpholine rings is 1. The molecule has 20 heavy (non-hydrogen) atoms. The summed E-state index contributed by atoms with van der Waals surface area (Å²) >= 11 is 0. The summed E-state index contributed by atoms with van der Waals surface area (Å²) in [5.41, 5.74) is 1.41. The lowest BCUT2D eigenvalue weighted by atomic mass is 9.89. The Hall–Kier alpha value is -1.55. The van der Waals surface area contributed by atoms with Gasteiger partial charge in [0.1, 0.15) is 0 Å². The van der Waals surface area contributed by atoms with Gasteiger partial charge in [-0.2, -0.15) is 0 Å². The zero-order chi connectivity index (χ0) is 13.8. The first kappa shape index (κ1) is 13.4. The molecule has 4 nitrogen and oxygen atoms in total. The van der Waals surface area contributed by atoms with Gasteiger partial charge in [-0.3, -0.25) is 0 Å². The number of hydrogen-bond donors (Lipinski definition) is 0. The van der Waals surface area contributed by atoms with Crippen molar-refractivity contribution in [3.63, 3.8) is 0 Å². The highest BCUT2D eigenvalue weighted by atomic mass is 16.5. The Morgan fingerprint density at radius 2 is 1.55 bits per heavy atom. The normalized spacial score (nSPS) is 21.0. The molecule has 2 amide bonds. The van der Waals surface area contributed by atoms with E-state index in [2.05, 4.69) is 30.3 Å². The van der Waals surface area contributed by atoms with Crippen LogP contribution in [0.4, 0.5) is 4.79 Å². The third-order valence-electron chi connectivity index (χ3n) is 4.32. The molecule has 2 fully saturated rings. The van der Waals surface area contributed by atoms with Crippen molar-refractivity contribution in [2.24, 2.45) is 0 Å². The molecule has 0 radical (unpaired) electrons. The molecule has 2 aliphatic rings. The molecule has 0 atom stereocenters. The van der Waals surface area contributed by atoms with Crippen LogP contribution in [0.2, 0.25) is 0 Å². The van der Waals surface area contributed by atoms with Gasteiger partial charge in [0.15, 0.2) is 0 Å². The molecule has 1 aromatic rings. The number of ether oxygens (including phenoxy) is 1. The maximum absolute atomic E-state index is 12.4. The third-order valence-corrected chi connectivity index (χ3v) is 4.32. The minimum atomic E-state index is 0.194. The molecule has 0 unspecified atom stereocenters. The Labute approximate surface area is 120 Å². The van der Waals surface area contributed by atoms with Crippen LogP contribution in [0.5, 0.6) is 0 Å². The number of urea groups is 1. The highest BCUT2D eigenvalue weighted by molar-refractivity contribution is 5.74. The van der Waals surface area contributed by atoms with Crippen LogP contribution in [0.15, 0.2) is 30.3 Å². The topological polar surface area (TPSA) is 32.8 Å². The number of rotatable bonds is 1. The Kier molecular flexibility index (Phi) is 4.21. The van der Waals surface area contributed by atoms with E-state index in [1.54, 1.807) is 0 Å². The first-order valence-electron chi connectivity index (χ1n) is 7.51. The van der Waals surface area contributed by atoms with Crippen LogP contribution in [-0.4, -0.2) is 55.2 Å². The van der Waals surface area contributed by atoms with Gasteiger partial charge in [-0.25, -0.2) is 4.79 Å². The zero-order valence-electron chi connectivity index (χ0n) is 11.8. The lowest BCUT2D eigenvalue weighted by Gasteiger charge is -2.37. The highest BCUT2D eigenvalue weighted by Gasteiger charge is 2.27. The molecule has 2 saturated heterocycles. The lowest BCUT2D eigenvalue weighted by molar-refractivity contribution is 0.0411. The van der Waals surface area contributed by atoms with Crippen molar-refractivity contribution in [3.05, 3.63) is 35.9 Å². The van der Waals surface area contributed by atoms with Gasteiger partial charge in [0.05, 0.1) is 13.2 Å². The molecule has 108 valence electrons. The number of amides is 2. The van der Waals surface area contributed by atoms with Crippen LogP contribution in [0.25, 0.3) is 0 Å². The van der Waals surface area contributed by atoms with E-state index in [4.69, 9.17) is 4.74 Å². The first-order chi connectivity index (χ1) is 9.84. The zero-order valence-corrected chi connectivity index (χ0v) is 11.8. The van der Waals surface area contributed by atoms with Gasteiger partial charge in [0, 0.05) is 26.2 Å². The summed E-state index contributed by atoms with van der Waals surface area (Å²) in [5.74, 6) is 0.602. The van der Waals surface area contributed by atoms with E-state index >= 15 is 0 Å². The predicted molar refractivity (Wildman–Crippen MR) is 77.8 cm³/mol. The van der Waals surface area contributed by atoms with Crippen LogP contribution < -0.4 is 0 Å². The first-order valence-corrected chi connectivity index (χ1v) is 7.51. The van der Waals surface area contributed by atoms with E-state index in [9.17, 15) is 4.79 Å². The van der Waals surface area contributed by atoms with Gasteiger partial charge in [0.2, 0.25) is 0 Å². The van der Waals surface area contributed by atoms with E-state index in [0.29, 0.717) is 19.1 Å². The summed E-state index contributed by atoms with van der Waals surface area (Å²) in [6, 6.07) is 10.8. The molecule has 0 aliphatic carbocycles. The minimum absolute atomic E-state index is 0.194. The van der Waals surface area contributed by atoms with Crippen molar-refractivity contribution in [2.75, 3.05) is 39.4 Å². The molecule has 0 N–H and O–H groups in total. The van der Waals surface area contributed by atoms with Crippen molar-refractivity contribution in [2.45, 2.75) is 18.8 Å². The summed E-state index contributed by atoms with van der Waals surface area (Å²) < 4.78 is 5.30. The van der Waals surface area contributed by atoms with Crippen LogP contribution in [0.1, 0.15) is 24.3 Å². The second-order valence-electron chi connectivity index (χ2n) is 5.55. The third kappa shape index (κ3) is 2.96. The smallest absolute Gasteiger partial charge is 0.320 e. The van der Waals surface area contributed by atoms with Gasteiger partial charge in [-0.1, -0.05) is 30.3 Å². The summed E-state index contributed by atoms with van der Waals surface area (Å²) in [7, 11) is 0. The summed E-state index contributed by atoms with van der Waals surface area (Å²) in [6.45, 7) is 4.55. The number of carbonyl (C=O) groups is 1. The molecule has 2 aliphatic heterocycles. The highest BCUT2D eigenvalue weighted by Crippen LogP contribution is 2.28. The fourth-order valence-electron chi connectivity index (χ4n) is 3.08. The second kappa shape index (κ2) is 6.27. The molecular weight excluding hydrogens is 252 g/mol. The fourth-order valence-corrected chi connectivity index (χ4v) is 3.08. The van der Waals surface area contributed by atoms with E-state index in [0.717, 1.165) is 39.0 Å². The largest absolute Gasteiger partial charge is 0.378 e. The predicted octanol–water partition coefficient (Wildman–Crippen LogP) is 2.32. The molecule has 0 bridgehead atoms. The standard InChI is InChI=1S/C16H22N2O2/c19-16(18-10-12-20-13-11-18)17-8-6-15(7-9-17)14-4-2-1-3-5-14/h1-5,15H,6-13H2. The van der Waals surface area contributed by atoms with Crippen molar-refractivity contribution in [1.29, 1.82) is 0 Å². The Morgan fingerprint density at radius 3 is 2.20 bits per heavy atom. The number of piperidine rings is 1. The van der Waals surface area contributed by atoms with Gasteiger partial charge >= 0.3 is 6.03 Å². The van der Waals surface area contributed by atoms with Crippen LogP contribution in [0, 0.1) is 0 Å². The average molecular weight is 274 g/mol. The molecule has 3 rings (SSSR count). The maximum atomic E-state index is 12.4. The van der Waals surface area contributed by atoms with E-state index in [-0.39, 0.29) is 6.03 Å². The van der Waals surface area contributed by atoms with E-state index in [1.807, 2.05) is 9.80 Å². The van der Waals surface area contributed by atoms with Crippen LogP contribution in [-0.2, 0) is 4.74 Å². The Balaban J connectivity index is 1.54. The van der Waals surface area contributed by atoms with Crippen molar-refractivity contribution in [1.82, 2.24) is 9.80 Å². The van der Waals surface area contributed by atoms with Gasteiger partial charge in [-0.15, -0.1) is 0 Å². The quantitative estimate of drug-likeness (QED) is 0.787. The van der Waals surface area contributed by atoms with Crippen LogP contribution in [0.3, 0.4) is 0 Å². The molecule has 4 heteroatoms. The fraction of sp³-hybridized carbons (Fsp3) is 0.562. The summed E-state index contributed by atoms with van der Waals surface area (Å²) in [4.78, 5) is 16.3. The summed E-state index contributed by atoms with van der Waals surface area (Å²) in [6.07, 6.45) is 2.14. The molecule has 0 aromatic heterocycles. The number of nitrogens with zero attached hydrogens (tertiary/aromatic N) is 2. The van der Waals surface area contributed by atoms with E-state index in [1.165, 1.54) is 5.56 Å². The Bertz CT molecular complexity index is 435. The number of likely N-dealkylation sites (tertiary alicyclic amines) is 1. The molecule has 0 spiro atoms. The number of hydrogen-bond acceptors (Lipinski definition) is 2. The number of carbonyl (C=O) groups excluding carboxylic acids is 1. The Morgan fingerprint density at radius 1 is 0.950 bits per heavy atom. The molecular formula is C16H22N2O2. The second-order valence-corrected chi connectivity index (χ2v) is 5.55. The van der Waals surface area contributed by atoms with Crippen molar-refractivity contribution >= 4 is 6.03 Å². The van der Waals surface area contributed by atoms with Crippen LogP contribution >= 0.6 is 0 Å². The lowest BCUT2D eigenvalue weighted by Crippen LogP contribution is -2.50. The van der Waals surface area contributed by atoms with Crippen molar-refractivity contribution in [3.8, 4) is 0 Å². The van der Waals surface area contributed by atoms with Crippen molar-refractivity contribution < 1.29 is 9.53 Å². The molecule has 0 saturated carbocycles. The van der Waals surface area contributed by atoms with Gasteiger partial charge in [0.25, 0.3) is 0 Å². The summed E-state index contributed by atoms with van der Waals surface area (Å²) in [5, 5.41) is 0. The van der Waals surface area contributed by atoms with Gasteiger partial charge in [-0.05, 0) is 24.3 Å².